The Morgan fingerprint density at radius 2 is 1.94 bits per heavy atom. The first-order chi connectivity index (χ1) is 7.60. The molecule has 0 saturated heterocycles. The molecule has 1 rings (SSSR count). The molecule has 0 radical (unpaired) electrons. The van der Waals surface area contributed by atoms with E-state index in [1.807, 2.05) is 32.0 Å². The average molecular weight is 220 g/mol. The Hall–Kier alpha value is -1.84. The molecule has 0 aliphatic rings. The number of anilines is 1. The summed E-state index contributed by atoms with van der Waals surface area (Å²) in [6, 6.07) is 5.77. The van der Waals surface area contributed by atoms with Crippen molar-refractivity contribution < 1.29 is 9.59 Å². The van der Waals surface area contributed by atoms with Crippen molar-refractivity contribution in [3.8, 4) is 0 Å². The van der Waals surface area contributed by atoms with Crippen LogP contribution in [-0.2, 0) is 16.0 Å². The fourth-order valence-electron chi connectivity index (χ4n) is 1.49. The zero-order valence-electron chi connectivity index (χ0n) is 9.76. The highest BCUT2D eigenvalue weighted by Crippen LogP contribution is 2.20. The number of para-hydroxylation sites is 1. The summed E-state index contributed by atoms with van der Waals surface area (Å²) >= 11 is 0. The first-order valence-electron chi connectivity index (χ1n) is 5.21. The number of nitrogens with one attached hydrogen (secondary N) is 2. The van der Waals surface area contributed by atoms with Crippen molar-refractivity contribution in [2.75, 3.05) is 12.4 Å². The van der Waals surface area contributed by atoms with E-state index in [1.165, 1.54) is 7.05 Å². The lowest BCUT2D eigenvalue weighted by Gasteiger charge is -2.11. The Balaban J connectivity index is 2.96. The van der Waals surface area contributed by atoms with Crippen molar-refractivity contribution in [1.82, 2.24) is 5.32 Å². The Kier molecular flexibility index (Phi) is 4.05. The zero-order chi connectivity index (χ0) is 12.1. The van der Waals surface area contributed by atoms with Crippen LogP contribution in [0.1, 0.15) is 18.1 Å². The number of benzene rings is 1. The minimum atomic E-state index is -0.634. The molecule has 0 atom stereocenters. The molecule has 0 aliphatic carbocycles. The van der Waals surface area contributed by atoms with E-state index >= 15 is 0 Å². The van der Waals surface area contributed by atoms with Gasteiger partial charge in [-0.15, -0.1) is 0 Å². The lowest BCUT2D eigenvalue weighted by atomic mass is 10.1. The molecule has 2 N–H and O–H groups in total. The summed E-state index contributed by atoms with van der Waals surface area (Å²) in [6.07, 6.45) is 0.811. The van der Waals surface area contributed by atoms with E-state index in [0.717, 1.165) is 23.2 Å². The fraction of sp³-hybridized carbons (Fsp3) is 0.333. The molecule has 1 aromatic rings. The largest absolute Gasteiger partial charge is 0.351 e. The third-order valence-electron chi connectivity index (χ3n) is 2.41. The summed E-state index contributed by atoms with van der Waals surface area (Å²) in [4.78, 5) is 22.5. The molecule has 4 nitrogen and oxygen atoms in total. The number of aryl methyl sites for hydroxylation is 2. The molecule has 4 heteroatoms. The summed E-state index contributed by atoms with van der Waals surface area (Å²) in [7, 11) is 1.43. The van der Waals surface area contributed by atoms with Crippen molar-refractivity contribution in [2.24, 2.45) is 0 Å². The Morgan fingerprint density at radius 3 is 2.50 bits per heavy atom. The maximum absolute atomic E-state index is 11.4. The van der Waals surface area contributed by atoms with Gasteiger partial charge in [0, 0.05) is 12.7 Å². The van der Waals surface area contributed by atoms with Crippen LogP contribution in [0.3, 0.4) is 0 Å². The topological polar surface area (TPSA) is 58.2 Å². The van der Waals surface area contributed by atoms with E-state index in [-0.39, 0.29) is 0 Å². The highest BCUT2D eigenvalue weighted by Gasteiger charge is 2.14. The second kappa shape index (κ2) is 5.30. The van der Waals surface area contributed by atoms with E-state index in [9.17, 15) is 9.59 Å². The van der Waals surface area contributed by atoms with Gasteiger partial charge in [0.2, 0.25) is 0 Å². The second-order valence-electron chi connectivity index (χ2n) is 3.50. The fourth-order valence-corrected chi connectivity index (χ4v) is 1.49. The van der Waals surface area contributed by atoms with Crippen molar-refractivity contribution in [2.45, 2.75) is 20.3 Å². The maximum Gasteiger partial charge on any atom is 0.313 e. The molecule has 0 fully saturated rings. The predicted molar refractivity (Wildman–Crippen MR) is 63.3 cm³/mol. The van der Waals surface area contributed by atoms with Crippen molar-refractivity contribution in [3.05, 3.63) is 29.3 Å². The molecule has 0 aromatic heterocycles. The van der Waals surface area contributed by atoms with Crippen molar-refractivity contribution >= 4 is 17.5 Å². The number of carbonyl (C=O) groups excluding carboxylic acids is 2. The van der Waals surface area contributed by atoms with Crippen molar-refractivity contribution in [3.63, 3.8) is 0 Å². The van der Waals surface area contributed by atoms with Crippen molar-refractivity contribution in [1.29, 1.82) is 0 Å². The monoisotopic (exact) mass is 220 g/mol. The van der Waals surface area contributed by atoms with Gasteiger partial charge in [-0.25, -0.2) is 0 Å². The van der Waals surface area contributed by atoms with Gasteiger partial charge in [-0.3, -0.25) is 9.59 Å². The van der Waals surface area contributed by atoms with Gasteiger partial charge in [-0.05, 0) is 24.5 Å². The lowest BCUT2D eigenvalue weighted by molar-refractivity contribution is -0.135. The molecule has 16 heavy (non-hydrogen) atoms. The second-order valence-corrected chi connectivity index (χ2v) is 3.50. The summed E-state index contributed by atoms with van der Waals surface area (Å²) in [5.41, 5.74) is 2.72. The Bertz CT molecular complexity index is 413. The predicted octanol–water partition coefficient (Wildman–Crippen LogP) is 1.24. The summed E-state index contributed by atoms with van der Waals surface area (Å²) in [5, 5.41) is 4.92. The van der Waals surface area contributed by atoms with Gasteiger partial charge < -0.3 is 10.6 Å². The van der Waals surface area contributed by atoms with Crippen LogP contribution in [-0.4, -0.2) is 18.9 Å². The van der Waals surface area contributed by atoms with Crippen LogP contribution in [0, 0.1) is 6.92 Å². The lowest BCUT2D eigenvalue weighted by Crippen LogP contribution is -2.33. The Labute approximate surface area is 95.0 Å². The van der Waals surface area contributed by atoms with Gasteiger partial charge in [0.05, 0.1) is 0 Å². The number of hydrogen-bond acceptors (Lipinski definition) is 2. The van der Waals surface area contributed by atoms with Gasteiger partial charge >= 0.3 is 11.8 Å². The Morgan fingerprint density at radius 1 is 1.25 bits per heavy atom. The van der Waals surface area contributed by atoms with Gasteiger partial charge in [0.15, 0.2) is 0 Å². The number of rotatable bonds is 2. The average Bonchev–Trinajstić information content (AvgIpc) is 2.30. The number of carbonyl (C=O) groups is 2. The highest BCUT2D eigenvalue weighted by atomic mass is 16.2. The van der Waals surface area contributed by atoms with Crippen LogP contribution in [0.15, 0.2) is 18.2 Å². The van der Waals surface area contributed by atoms with E-state index in [2.05, 4.69) is 10.6 Å². The zero-order valence-corrected chi connectivity index (χ0v) is 9.76. The van der Waals surface area contributed by atoms with Crippen LogP contribution in [0.5, 0.6) is 0 Å². The quantitative estimate of drug-likeness (QED) is 0.737. The summed E-state index contributed by atoms with van der Waals surface area (Å²) in [5.74, 6) is -1.27. The molecule has 0 bridgehead atoms. The van der Waals surface area contributed by atoms with E-state index in [1.54, 1.807) is 0 Å². The van der Waals surface area contributed by atoms with E-state index < -0.39 is 11.8 Å². The number of amides is 2. The van der Waals surface area contributed by atoms with Gasteiger partial charge in [0.25, 0.3) is 0 Å². The third-order valence-corrected chi connectivity index (χ3v) is 2.41. The SMILES string of the molecule is CCc1cccc(C)c1NC(=O)C(=O)NC. The van der Waals surface area contributed by atoms with Crippen LogP contribution in [0.4, 0.5) is 5.69 Å². The number of hydrogen-bond donors (Lipinski definition) is 2. The molecule has 86 valence electrons. The van der Waals surface area contributed by atoms with Gasteiger partial charge in [0.1, 0.15) is 0 Å². The van der Waals surface area contributed by atoms with E-state index in [4.69, 9.17) is 0 Å². The first-order valence-corrected chi connectivity index (χ1v) is 5.21. The van der Waals surface area contributed by atoms with E-state index in [0.29, 0.717) is 0 Å². The normalized spacial score (nSPS) is 9.69. The van der Waals surface area contributed by atoms with Crippen LogP contribution in [0.25, 0.3) is 0 Å². The van der Waals surface area contributed by atoms with Gasteiger partial charge in [-0.2, -0.15) is 0 Å². The molecule has 0 unspecified atom stereocenters. The molecule has 0 aliphatic heterocycles. The van der Waals surface area contributed by atoms with Crippen LogP contribution in [0.2, 0.25) is 0 Å². The first kappa shape index (κ1) is 12.2. The highest BCUT2D eigenvalue weighted by molar-refractivity contribution is 6.39. The van der Waals surface area contributed by atoms with Crippen LogP contribution < -0.4 is 10.6 Å². The molecule has 1 aromatic carbocycles. The summed E-state index contributed by atoms with van der Waals surface area (Å²) in [6.45, 7) is 3.91. The smallest absolute Gasteiger partial charge is 0.313 e. The molecular formula is C12H16N2O2. The molecule has 0 heterocycles. The molecule has 0 spiro atoms. The minimum Gasteiger partial charge on any atom is -0.351 e. The maximum atomic E-state index is 11.4. The standard InChI is InChI=1S/C12H16N2O2/c1-4-9-7-5-6-8(2)10(9)14-12(16)11(15)13-3/h5-7H,4H2,1-3H3,(H,13,15)(H,14,16). The molecular weight excluding hydrogens is 204 g/mol. The number of likely N-dealkylation sites (N-methyl/N-ethyl adjacent to an activating group) is 1. The molecule has 2 amide bonds. The third kappa shape index (κ3) is 2.59. The molecule has 0 saturated carbocycles. The van der Waals surface area contributed by atoms with Gasteiger partial charge in [-0.1, -0.05) is 25.1 Å². The minimum absolute atomic E-state index is 0.633. The summed E-state index contributed by atoms with van der Waals surface area (Å²) < 4.78 is 0. The van der Waals surface area contributed by atoms with Crippen LogP contribution >= 0.6 is 0 Å².